The molecule has 0 aromatic carbocycles. The zero-order valence-electron chi connectivity index (χ0n) is 13.4. The molecule has 2 rings (SSSR count). The van der Waals surface area contributed by atoms with Gasteiger partial charge in [0.15, 0.2) is 12.2 Å². The van der Waals surface area contributed by atoms with Gasteiger partial charge >= 0.3 is 11.9 Å². The number of hydrogen-bond donors (Lipinski definition) is 4. The fraction of sp³-hybridized carbons (Fsp3) is 0.400. The van der Waals surface area contributed by atoms with E-state index in [2.05, 4.69) is 29.1 Å². The highest BCUT2D eigenvalue weighted by molar-refractivity contribution is 7.17. The van der Waals surface area contributed by atoms with E-state index in [1.165, 1.54) is 4.88 Å². The molecule has 1 aromatic rings. The predicted molar refractivity (Wildman–Crippen MR) is 95.2 cm³/mol. The summed E-state index contributed by atoms with van der Waals surface area (Å²) in [5.41, 5.74) is 0. The van der Waals surface area contributed by atoms with Crippen molar-refractivity contribution in [1.82, 2.24) is 4.90 Å². The number of aliphatic hydroxyl groups excluding tert-OH is 2. The minimum absolute atomic E-state index is 0.827. The van der Waals surface area contributed by atoms with Crippen LogP contribution in [0.15, 0.2) is 23.2 Å². The molecule has 0 bridgehead atoms. The number of halogens is 1. The van der Waals surface area contributed by atoms with Gasteiger partial charge in [0, 0.05) is 25.0 Å². The summed E-state index contributed by atoms with van der Waals surface area (Å²) in [7, 11) is 2.07. The van der Waals surface area contributed by atoms with E-state index in [1.54, 1.807) is 11.3 Å². The Hall–Kier alpha value is -1.94. The molecule has 8 nitrogen and oxygen atoms in total. The lowest BCUT2D eigenvalue weighted by Gasteiger charge is -2.22. The van der Waals surface area contributed by atoms with E-state index < -0.39 is 24.1 Å². The van der Waals surface area contributed by atoms with Crippen molar-refractivity contribution in [3.05, 3.63) is 27.4 Å². The third-order valence-corrected chi connectivity index (χ3v) is 4.31. The van der Waals surface area contributed by atoms with E-state index in [4.69, 9.17) is 32.0 Å². The second-order valence-electron chi connectivity index (χ2n) is 5.06. The fourth-order valence-corrected chi connectivity index (χ4v) is 2.72. The molecule has 1 aliphatic heterocycles. The van der Waals surface area contributed by atoms with Gasteiger partial charge in [0.05, 0.1) is 4.34 Å². The van der Waals surface area contributed by atoms with Gasteiger partial charge in [-0.3, -0.25) is 4.99 Å². The van der Waals surface area contributed by atoms with Crippen molar-refractivity contribution in [2.45, 2.75) is 18.6 Å². The summed E-state index contributed by atoms with van der Waals surface area (Å²) < 4.78 is 0.827. The first-order chi connectivity index (χ1) is 11.7. The molecule has 0 fully saturated rings. The van der Waals surface area contributed by atoms with Crippen molar-refractivity contribution in [1.29, 1.82) is 0 Å². The van der Waals surface area contributed by atoms with Gasteiger partial charge in [-0.25, -0.2) is 9.59 Å². The average Bonchev–Trinajstić information content (AvgIpc) is 2.98. The van der Waals surface area contributed by atoms with Gasteiger partial charge in [-0.2, -0.15) is 0 Å². The molecule has 0 spiro atoms. The third-order valence-electron chi connectivity index (χ3n) is 3.11. The van der Waals surface area contributed by atoms with Crippen molar-refractivity contribution in [2.75, 3.05) is 20.1 Å². The number of aliphatic carboxylic acids is 2. The lowest BCUT2D eigenvalue weighted by Crippen LogP contribution is -2.39. The summed E-state index contributed by atoms with van der Waals surface area (Å²) >= 11 is 7.44. The number of carbonyl (C=O) groups is 2. The molecule has 0 saturated heterocycles. The Kier molecular flexibility index (Phi) is 8.56. The van der Waals surface area contributed by atoms with Gasteiger partial charge in [0.2, 0.25) is 0 Å². The van der Waals surface area contributed by atoms with Crippen molar-refractivity contribution in [2.24, 2.45) is 4.99 Å². The number of rotatable bonds is 5. The highest BCUT2D eigenvalue weighted by Crippen LogP contribution is 2.22. The lowest BCUT2D eigenvalue weighted by molar-refractivity contribution is -0.165. The number of aliphatic imine (C=N–C) groups is 1. The maximum Gasteiger partial charge on any atom is 0.335 e. The summed E-state index contributed by atoms with van der Waals surface area (Å²) in [6.45, 7) is 2.03. The van der Waals surface area contributed by atoms with E-state index in [9.17, 15) is 9.59 Å². The summed E-state index contributed by atoms with van der Waals surface area (Å²) in [5, 5.41) is 32.5. The Labute approximate surface area is 153 Å². The van der Waals surface area contributed by atoms with Crippen LogP contribution in [0.5, 0.6) is 0 Å². The SMILES string of the molecule is CN1CCCN=C1/C=C/c1ccc(Cl)s1.O=C(O)[C@H](O)[C@@H](O)C(=O)O. The minimum atomic E-state index is -2.27. The Balaban J connectivity index is 0.000000275. The average molecular weight is 391 g/mol. The van der Waals surface area contributed by atoms with Gasteiger partial charge in [-0.1, -0.05) is 11.6 Å². The Morgan fingerprint density at radius 2 is 1.84 bits per heavy atom. The number of likely N-dealkylation sites (N-methyl/N-ethyl adjacent to an activating group) is 1. The Morgan fingerprint density at radius 3 is 2.28 bits per heavy atom. The first kappa shape index (κ1) is 21.1. The van der Waals surface area contributed by atoms with Crippen molar-refractivity contribution < 1.29 is 30.0 Å². The largest absolute Gasteiger partial charge is 0.479 e. The molecule has 1 aromatic heterocycles. The van der Waals surface area contributed by atoms with Gasteiger partial charge < -0.3 is 25.3 Å². The van der Waals surface area contributed by atoms with Crippen LogP contribution >= 0.6 is 22.9 Å². The van der Waals surface area contributed by atoms with Crippen LogP contribution in [-0.2, 0) is 9.59 Å². The molecular formula is C15H19ClN2O6S. The number of hydrogen-bond acceptors (Lipinski definition) is 7. The standard InChI is InChI=1S/C11H13ClN2S.C4H6O6/c1-14-8-2-7-13-11(14)6-4-9-3-5-10(12)15-9;5-1(3(7)8)2(6)4(9)10/h3-6H,2,7-8H2,1H3;1-2,5-6H,(H,7,8)(H,9,10)/b6-4+;/t;1-,2-/m.1/s1. The van der Waals surface area contributed by atoms with Crippen LogP contribution in [-0.4, -0.2) is 75.4 Å². The molecule has 0 aliphatic carbocycles. The normalized spacial score (nSPS) is 16.6. The van der Waals surface area contributed by atoms with Crippen LogP contribution < -0.4 is 0 Å². The number of amidine groups is 1. The molecule has 2 atom stereocenters. The molecule has 0 unspecified atom stereocenters. The van der Waals surface area contributed by atoms with Crippen molar-refractivity contribution in [3.8, 4) is 0 Å². The second kappa shape index (κ2) is 10.1. The number of nitrogens with zero attached hydrogens (tertiary/aromatic N) is 2. The molecule has 0 saturated carbocycles. The molecule has 25 heavy (non-hydrogen) atoms. The third kappa shape index (κ3) is 7.22. The molecule has 4 N–H and O–H groups in total. The lowest BCUT2D eigenvalue weighted by atomic mass is 10.2. The van der Waals surface area contributed by atoms with Crippen LogP contribution in [0.4, 0.5) is 0 Å². The quantitative estimate of drug-likeness (QED) is 0.590. The molecular weight excluding hydrogens is 372 g/mol. The second-order valence-corrected chi connectivity index (χ2v) is 6.80. The van der Waals surface area contributed by atoms with E-state index in [0.29, 0.717) is 0 Å². The molecule has 1 aliphatic rings. The summed E-state index contributed by atoms with van der Waals surface area (Å²) in [6, 6.07) is 3.94. The van der Waals surface area contributed by atoms with E-state index in [-0.39, 0.29) is 0 Å². The zero-order chi connectivity index (χ0) is 19.0. The summed E-state index contributed by atoms with van der Waals surface area (Å²) in [5.74, 6) is -2.48. The summed E-state index contributed by atoms with van der Waals surface area (Å²) in [6.07, 6.45) is 0.743. The Morgan fingerprint density at radius 1 is 1.24 bits per heavy atom. The van der Waals surface area contributed by atoms with Crippen LogP contribution in [0.1, 0.15) is 11.3 Å². The number of aliphatic hydroxyl groups is 2. The predicted octanol–water partition coefficient (Wildman–Crippen LogP) is 1.03. The first-order valence-electron chi connectivity index (χ1n) is 7.23. The number of thiophene rings is 1. The number of carboxylic acids is 2. The van der Waals surface area contributed by atoms with Crippen molar-refractivity contribution >= 4 is 46.8 Å². The van der Waals surface area contributed by atoms with Gasteiger partial charge in [-0.05, 0) is 30.7 Å². The van der Waals surface area contributed by atoms with Crippen LogP contribution in [0.3, 0.4) is 0 Å². The maximum atomic E-state index is 9.77. The fourth-order valence-electron chi connectivity index (χ4n) is 1.76. The number of carboxylic acid groups (broad SMARTS) is 2. The Bertz CT molecular complexity index is 642. The zero-order valence-corrected chi connectivity index (χ0v) is 14.9. The first-order valence-corrected chi connectivity index (χ1v) is 8.42. The van der Waals surface area contributed by atoms with E-state index in [1.807, 2.05) is 12.1 Å². The van der Waals surface area contributed by atoms with Gasteiger partial charge in [0.25, 0.3) is 0 Å². The molecule has 10 heteroatoms. The van der Waals surface area contributed by atoms with Crippen LogP contribution in [0, 0.1) is 0 Å². The van der Waals surface area contributed by atoms with Gasteiger partial charge in [0.1, 0.15) is 5.84 Å². The molecule has 0 amide bonds. The molecule has 0 radical (unpaired) electrons. The van der Waals surface area contributed by atoms with E-state index >= 15 is 0 Å². The monoisotopic (exact) mass is 390 g/mol. The van der Waals surface area contributed by atoms with Crippen molar-refractivity contribution in [3.63, 3.8) is 0 Å². The summed E-state index contributed by atoms with van der Waals surface area (Å²) in [4.78, 5) is 27.3. The van der Waals surface area contributed by atoms with E-state index in [0.717, 1.165) is 29.7 Å². The highest BCUT2D eigenvalue weighted by Gasteiger charge is 2.29. The maximum absolute atomic E-state index is 9.77. The molecule has 138 valence electrons. The van der Waals surface area contributed by atoms with Gasteiger partial charge in [-0.15, -0.1) is 11.3 Å². The van der Waals surface area contributed by atoms with Crippen LogP contribution in [0.25, 0.3) is 6.08 Å². The topological polar surface area (TPSA) is 131 Å². The smallest absolute Gasteiger partial charge is 0.335 e. The minimum Gasteiger partial charge on any atom is -0.479 e. The van der Waals surface area contributed by atoms with Crippen LogP contribution in [0.2, 0.25) is 4.34 Å². The highest BCUT2D eigenvalue weighted by atomic mass is 35.5. The molecule has 2 heterocycles.